The molecule has 0 aromatic heterocycles. The first-order valence-electron chi connectivity index (χ1n) is 23.0. The summed E-state index contributed by atoms with van der Waals surface area (Å²) in [5.41, 5.74) is 17.6. The molecule has 10 aromatic carbocycles. The van der Waals surface area contributed by atoms with E-state index in [9.17, 15) is 0 Å². The van der Waals surface area contributed by atoms with E-state index in [2.05, 4.69) is 264 Å². The SMILES string of the molecule is C1=C(c2ccccc2)C=C(c2ccccc2)C2NC(c3cccc(-c4ccc5c(c4)C(c4ccc6ccccc6c4)(c4cc6ccccc6cc4Nc4ccccc4)c4ccccc4-5)c3)N12. The van der Waals surface area contributed by atoms with Gasteiger partial charge in [0.15, 0.2) is 0 Å². The number of nitrogens with zero attached hydrogens (tertiary/aromatic N) is 1. The van der Waals surface area contributed by atoms with Crippen LogP contribution in [0, 0.1) is 0 Å². The van der Waals surface area contributed by atoms with Crippen molar-refractivity contribution in [1.29, 1.82) is 0 Å². The van der Waals surface area contributed by atoms with Crippen LogP contribution in [0.1, 0.15) is 45.1 Å². The molecule has 3 nitrogen and oxygen atoms in total. The third-order valence-electron chi connectivity index (χ3n) is 14.1. The van der Waals surface area contributed by atoms with Gasteiger partial charge in [-0.1, -0.05) is 194 Å². The maximum Gasteiger partial charge on any atom is 0.109 e. The summed E-state index contributed by atoms with van der Waals surface area (Å²) in [5, 5.41) is 12.8. The molecule has 3 heteroatoms. The second-order valence-electron chi connectivity index (χ2n) is 17.8. The van der Waals surface area contributed by atoms with Crippen LogP contribution in [0.5, 0.6) is 0 Å². The maximum absolute atomic E-state index is 3.97. The second kappa shape index (κ2) is 15.5. The summed E-state index contributed by atoms with van der Waals surface area (Å²) in [6.45, 7) is 0. The Kier molecular flexibility index (Phi) is 8.97. The highest BCUT2D eigenvalue weighted by atomic mass is 15.5. The summed E-state index contributed by atoms with van der Waals surface area (Å²) >= 11 is 0. The van der Waals surface area contributed by atoms with E-state index in [4.69, 9.17) is 0 Å². The van der Waals surface area contributed by atoms with Crippen LogP contribution < -0.4 is 10.6 Å². The van der Waals surface area contributed by atoms with Gasteiger partial charge >= 0.3 is 0 Å². The first-order valence-corrected chi connectivity index (χ1v) is 23.0. The van der Waals surface area contributed by atoms with Crippen molar-refractivity contribution in [1.82, 2.24) is 10.2 Å². The summed E-state index contributed by atoms with van der Waals surface area (Å²) in [5.74, 6) is 0. The molecule has 0 spiro atoms. The van der Waals surface area contributed by atoms with Gasteiger partial charge in [-0.15, -0.1) is 0 Å². The van der Waals surface area contributed by atoms with Crippen LogP contribution in [0.3, 0.4) is 0 Å². The van der Waals surface area contributed by atoms with Crippen molar-refractivity contribution in [2.45, 2.75) is 17.7 Å². The van der Waals surface area contributed by atoms with Gasteiger partial charge in [-0.3, -0.25) is 5.32 Å². The molecule has 312 valence electrons. The van der Waals surface area contributed by atoms with E-state index in [1.807, 2.05) is 0 Å². The summed E-state index contributed by atoms with van der Waals surface area (Å²) < 4.78 is 0. The van der Waals surface area contributed by atoms with Gasteiger partial charge in [-0.2, -0.15) is 0 Å². The van der Waals surface area contributed by atoms with Gasteiger partial charge in [0, 0.05) is 17.6 Å². The standard InChI is InChI=1S/C63H45N3/c1-4-17-42(18-5-1)51-37-56(44-20-6-2-7-21-44)62-65-61(66(62)41-51)50-26-16-25-45(35-50)49-32-34-55-54-29-14-15-30-57(54)63(58(55)38-49,52-33-31-43-19-10-11-22-46(43)36-52)59-39-47-23-12-13-24-48(47)40-60(59)64-53-27-8-3-9-28-53/h1-41,61-62,64-65H. The maximum atomic E-state index is 3.97. The molecule has 2 aliphatic heterocycles. The lowest BCUT2D eigenvalue weighted by atomic mass is 9.66. The summed E-state index contributed by atoms with van der Waals surface area (Å²) in [6.07, 6.45) is 4.79. The van der Waals surface area contributed by atoms with Gasteiger partial charge in [0.2, 0.25) is 0 Å². The van der Waals surface area contributed by atoms with Crippen LogP contribution in [0.15, 0.2) is 249 Å². The molecule has 2 heterocycles. The topological polar surface area (TPSA) is 27.3 Å². The van der Waals surface area contributed by atoms with Gasteiger partial charge in [0.05, 0.1) is 5.41 Å². The van der Waals surface area contributed by atoms with Crippen LogP contribution in [0.25, 0.3) is 54.9 Å². The molecule has 13 rings (SSSR count). The molecule has 3 unspecified atom stereocenters. The quantitative estimate of drug-likeness (QED) is 0.160. The molecule has 0 bridgehead atoms. The van der Waals surface area contributed by atoms with E-state index in [1.165, 1.54) is 93.9 Å². The Balaban J connectivity index is 0.988. The number of allylic oxidation sites excluding steroid dienone is 2. The van der Waals surface area contributed by atoms with E-state index in [-0.39, 0.29) is 12.3 Å². The fourth-order valence-electron chi connectivity index (χ4n) is 11.0. The van der Waals surface area contributed by atoms with E-state index in [0.29, 0.717) is 0 Å². The fourth-order valence-corrected chi connectivity index (χ4v) is 11.0. The lowest BCUT2D eigenvalue weighted by molar-refractivity contribution is 0.0567. The van der Waals surface area contributed by atoms with E-state index in [1.54, 1.807) is 0 Å². The summed E-state index contributed by atoms with van der Waals surface area (Å²) in [6, 6.07) is 87.0. The largest absolute Gasteiger partial charge is 0.355 e. The van der Waals surface area contributed by atoms with Gasteiger partial charge < -0.3 is 10.2 Å². The molecule has 2 N–H and O–H groups in total. The minimum atomic E-state index is -0.667. The van der Waals surface area contributed by atoms with Crippen LogP contribution >= 0.6 is 0 Å². The molecule has 3 atom stereocenters. The van der Waals surface area contributed by atoms with Crippen molar-refractivity contribution < 1.29 is 0 Å². The Morgan fingerprint density at radius 1 is 0.409 bits per heavy atom. The summed E-state index contributed by atoms with van der Waals surface area (Å²) in [7, 11) is 0. The Morgan fingerprint density at radius 2 is 1.03 bits per heavy atom. The Labute approximate surface area is 385 Å². The number of para-hydroxylation sites is 1. The Bertz CT molecular complexity index is 3560. The number of nitrogens with one attached hydrogen (secondary N) is 2. The lowest BCUT2D eigenvalue weighted by Crippen LogP contribution is -2.62. The molecule has 0 amide bonds. The molecule has 0 saturated carbocycles. The zero-order valence-corrected chi connectivity index (χ0v) is 36.3. The van der Waals surface area contributed by atoms with Crippen molar-refractivity contribution in [2.24, 2.45) is 0 Å². The van der Waals surface area contributed by atoms with Gasteiger partial charge in [0.1, 0.15) is 12.3 Å². The van der Waals surface area contributed by atoms with Crippen LogP contribution in [-0.2, 0) is 5.41 Å². The van der Waals surface area contributed by atoms with Crippen molar-refractivity contribution in [2.75, 3.05) is 5.32 Å². The number of rotatable bonds is 8. The first kappa shape index (κ1) is 38.2. The molecule has 0 radical (unpaired) electrons. The Hall–Kier alpha value is -8.24. The molecular formula is C63H45N3. The molecular weight excluding hydrogens is 799 g/mol. The van der Waals surface area contributed by atoms with Gasteiger partial charge in [0.25, 0.3) is 0 Å². The minimum absolute atomic E-state index is 0.0145. The first-order chi connectivity index (χ1) is 32.7. The highest BCUT2D eigenvalue weighted by Crippen LogP contribution is 2.59. The zero-order chi connectivity index (χ0) is 43.6. The molecule has 10 aromatic rings. The smallest absolute Gasteiger partial charge is 0.109 e. The highest BCUT2D eigenvalue weighted by Gasteiger charge is 2.48. The van der Waals surface area contributed by atoms with Crippen LogP contribution in [0.4, 0.5) is 11.4 Å². The molecule has 3 aliphatic rings. The predicted molar refractivity (Wildman–Crippen MR) is 274 cm³/mol. The van der Waals surface area contributed by atoms with E-state index in [0.717, 1.165) is 11.4 Å². The Morgan fingerprint density at radius 3 is 1.82 bits per heavy atom. The minimum Gasteiger partial charge on any atom is -0.355 e. The van der Waals surface area contributed by atoms with Gasteiger partial charge in [-0.05, 0) is 142 Å². The number of benzene rings is 10. The molecule has 1 fully saturated rings. The number of fused-ring (bicyclic) bond motifs is 6. The van der Waals surface area contributed by atoms with Crippen molar-refractivity contribution >= 4 is 44.1 Å². The molecule has 1 aliphatic carbocycles. The number of anilines is 2. The second-order valence-corrected chi connectivity index (χ2v) is 17.8. The van der Waals surface area contributed by atoms with E-state index < -0.39 is 5.41 Å². The van der Waals surface area contributed by atoms with Crippen molar-refractivity contribution in [3.8, 4) is 22.3 Å². The third-order valence-corrected chi connectivity index (χ3v) is 14.1. The normalized spacial score (nSPS) is 18.2. The third kappa shape index (κ3) is 6.16. The number of hydrogen-bond acceptors (Lipinski definition) is 3. The molecule has 66 heavy (non-hydrogen) atoms. The zero-order valence-electron chi connectivity index (χ0n) is 36.3. The lowest BCUT2D eigenvalue weighted by Gasteiger charge is -2.52. The highest BCUT2D eigenvalue weighted by molar-refractivity contribution is 5.96. The van der Waals surface area contributed by atoms with E-state index >= 15 is 0 Å². The molecule has 1 saturated heterocycles. The number of hydrogen-bond donors (Lipinski definition) is 2. The average molecular weight is 844 g/mol. The fraction of sp³-hybridized carbons (Fsp3) is 0.0476. The van der Waals surface area contributed by atoms with Crippen molar-refractivity contribution in [3.05, 3.63) is 288 Å². The average Bonchev–Trinajstić information content (AvgIpc) is 3.67. The monoisotopic (exact) mass is 843 g/mol. The van der Waals surface area contributed by atoms with Crippen LogP contribution in [0.2, 0.25) is 0 Å². The van der Waals surface area contributed by atoms with Crippen molar-refractivity contribution in [3.63, 3.8) is 0 Å². The van der Waals surface area contributed by atoms with Crippen LogP contribution in [-0.4, -0.2) is 11.1 Å². The van der Waals surface area contributed by atoms with Gasteiger partial charge in [-0.25, -0.2) is 0 Å². The predicted octanol–water partition coefficient (Wildman–Crippen LogP) is 15.1. The summed E-state index contributed by atoms with van der Waals surface area (Å²) in [4.78, 5) is 2.49.